The van der Waals surface area contributed by atoms with E-state index in [-0.39, 0.29) is 17.7 Å². The summed E-state index contributed by atoms with van der Waals surface area (Å²) in [4.78, 5) is 33.2. The molecule has 0 unspecified atom stereocenters. The van der Waals surface area contributed by atoms with Crippen molar-refractivity contribution in [1.82, 2.24) is 20.2 Å². The van der Waals surface area contributed by atoms with E-state index in [0.29, 0.717) is 59.9 Å². The Kier molecular flexibility index (Phi) is 6.13. The number of amides is 2. The van der Waals surface area contributed by atoms with Crippen LogP contribution in [0.15, 0.2) is 36.7 Å². The van der Waals surface area contributed by atoms with Gasteiger partial charge in [0.15, 0.2) is 11.6 Å². The summed E-state index contributed by atoms with van der Waals surface area (Å²) in [5.74, 6) is -0.347. The van der Waals surface area contributed by atoms with Crippen molar-refractivity contribution < 1.29 is 28.6 Å². The Bertz CT molecular complexity index is 1330. The zero-order valence-electron chi connectivity index (χ0n) is 19.8. The first-order chi connectivity index (χ1) is 17.4. The van der Waals surface area contributed by atoms with Gasteiger partial charge in [-0.05, 0) is 31.5 Å². The summed E-state index contributed by atoms with van der Waals surface area (Å²) in [5, 5.41) is 15.4. The van der Waals surface area contributed by atoms with Crippen molar-refractivity contribution in [3.63, 3.8) is 0 Å². The molecule has 4 heterocycles. The number of pyridine rings is 1. The van der Waals surface area contributed by atoms with Crippen molar-refractivity contribution in [2.75, 3.05) is 25.5 Å². The number of likely N-dealkylation sites (tertiary alicyclic amines) is 1. The minimum Gasteiger partial charge on any atom is -0.492 e. The Morgan fingerprint density at radius 2 is 2.19 bits per heavy atom. The normalized spacial score (nSPS) is 17.5. The molecule has 2 aliphatic rings. The lowest BCUT2D eigenvalue weighted by molar-refractivity contribution is 0.0150. The van der Waals surface area contributed by atoms with E-state index in [9.17, 15) is 19.1 Å². The number of aromatic nitrogens is 2. The monoisotopic (exact) mass is 495 g/mol. The second-order valence-corrected chi connectivity index (χ2v) is 8.71. The van der Waals surface area contributed by atoms with Crippen LogP contribution in [0.25, 0.3) is 11.3 Å². The second kappa shape index (κ2) is 9.40. The number of methoxy groups -OCH3 is 1. The van der Waals surface area contributed by atoms with Gasteiger partial charge in [0, 0.05) is 37.0 Å². The molecule has 0 bridgehead atoms. The van der Waals surface area contributed by atoms with E-state index in [4.69, 9.17) is 9.47 Å². The fourth-order valence-electron chi connectivity index (χ4n) is 4.75. The highest BCUT2D eigenvalue weighted by atomic mass is 19.1. The van der Waals surface area contributed by atoms with Gasteiger partial charge in [0.05, 0.1) is 42.0 Å². The minimum absolute atomic E-state index is 0.0215. The predicted octanol–water partition coefficient (Wildman–Crippen LogP) is 3.77. The van der Waals surface area contributed by atoms with Crippen LogP contribution in [0, 0.1) is 5.82 Å². The molecule has 2 aromatic heterocycles. The number of nitrogens with zero attached hydrogens (tertiary/aromatic N) is 2. The van der Waals surface area contributed by atoms with Crippen molar-refractivity contribution in [3.05, 3.63) is 53.7 Å². The average Bonchev–Trinajstić information content (AvgIpc) is 3.18. The van der Waals surface area contributed by atoms with Crippen molar-refractivity contribution in [2.24, 2.45) is 0 Å². The number of nitrogens with one attached hydrogen (secondary N) is 3. The van der Waals surface area contributed by atoms with Crippen molar-refractivity contribution in [3.8, 4) is 22.8 Å². The lowest BCUT2D eigenvalue weighted by atomic mass is 9.98. The van der Waals surface area contributed by atoms with Crippen molar-refractivity contribution in [2.45, 2.75) is 31.9 Å². The van der Waals surface area contributed by atoms with E-state index >= 15 is 0 Å². The van der Waals surface area contributed by atoms with Gasteiger partial charge in [-0.2, -0.15) is 0 Å². The number of rotatable bonds is 7. The molecule has 3 aromatic rings. The van der Waals surface area contributed by atoms with E-state index in [0.717, 1.165) is 5.69 Å². The van der Waals surface area contributed by atoms with E-state index in [2.05, 4.69) is 20.6 Å². The van der Waals surface area contributed by atoms with Crippen molar-refractivity contribution >= 4 is 23.4 Å². The van der Waals surface area contributed by atoms with Gasteiger partial charge in [0.25, 0.3) is 5.91 Å². The topological polar surface area (TPSA) is 129 Å². The molecule has 0 spiro atoms. The number of carbonyl (C=O) groups is 2. The van der Waals surface area contributed by atoms with Crippen LogP contribution in [0.3, 0.4) is 0 Å². The van der Waals surface area contributed by atoms with Crippen LogP contribution in [0.5, 0.6) is 11.5 Å². The molecule has 4 N–H and O–H groups in total. The van der Waals surface area contributed by atoms with Crippen LogP contribution >= 0.6 is 0 Å². The first-order valence-corrected chi connectivity index (χ1v) is 11.6. The van der Waals surface area contributed by atoms with Gasteiger partial charge in [-0.1, -0.05) is 6.07 Å². The summed E-state index contributed by atoms with van der Waals surface area (Å²) in [6, 6.07) is 5.98. The maximum absolute atomic E-state index is 14.4. The number of hydrogen-bond donors (Lipinski definition) is 4. The highest BCUT2D eigenvalue weighted by Gasteiger charge is 2.38. The number of anilines is 2. The standard InChI is InChI=1S/C25H26FN5O5/c1-13(18-8-11-31(18)25(33)34)36-19-12-27-9-6-14(19)21-22(20-16(29-21)7-10-28-24(20)32)30-17-5-3-4-15(26)23(17)35-2/h3-6,9,12-13,18,29-30H,7-8,10-11H2,1-2H3,(H,28,32)(H,33,34)/t13-,18-/m1/s1. The molecule has 0 aliphatic carbocycles. The Labute approximate surface area is 206 Å². The van der Waals surface area contributed by atoms with Gasteiger partial charge in [-0.15, -0.1) is 0 Å². The third-order valence-corrected chi connectivity index (χ3v) is 6.62. The van der Waals surface area contributed by atoms with E-state index < -0.39 is 18.0 Å². The number of hydrogen-bond acceptors (Lipinski definition) is 6. The molecule has 2 amide bonds. The number of benzene rings is 1. The molecule has 1 fully saturated rings. The number of ether oxygens (including phenoxy) is 2. The summed E-state index contributed by atoms with van der Waals surface area (Å²) in [5.41, 5.74) is 3.16. The summed E-state index contributed by atoms with van der Waals surface area (Å²) < 4.78 is 25.9. The molecule has 2 aliphatic heterocycles. The van der Waals surface area contributed by atoms with Crippen LogP contribution in [-0.2, 0) is 6.42 Å². The van der Waals surface area contributed by atoms with Crippen LogP contribution < -0.4 is 20.1 Å². The second-order valence-electron chi connectivity index (χ2n) is 8.71. The van der Waals surface area contributed by atoms with Gasteiger partial charge in [-0.25, -0.2) is 9.18 Å². The molecule has 0 radical (unpaired) electrons. The predicted molar refractivity (Wildman–Crippen MR) is 130 cm³/mol. The number of para-hydroxylation sites is 1. The maximum atomic E-state index is 14.4. The minimum atomic E-state index is -0.980. The molecule has 188 valence electrons. The van der Waals surface area contributed by atoms with Crippen LogP contribution in [0.2, 0.25) is 0 Å². The number of H-pyrrole nitrogens is 1. The summed E-state index contributed by atoms with van der Waals surface area (Å²) in [6.07, 6.45) is 3.04. The molecule has 10 nitrogen and oxygen atoms in total. The largest absolute Gasteiger partial charge is 0.492 e. The smallest absolute Gasteiger partial charge is 0.407 e. The fraction of sp³-hybridized carbons (Fsp3) is 0.320. The van der Waals surface area contributed by atoms with Crippen LogP contribution in [0.4, 0.5) is 20.6 Å². The molecular formula is C25H26FN5O5. The van der Waals surface area contributed by atoms with Gasteiger partial charge in [0.1, 0.15) is 11.9 Å². The van der Waals surface area contributed by atoms with E-state index in [1.165, 1.54) is 18.1 Å². The SMILES string of the molecule is COc1c(F)cccc1Nc1c(-c2ccncc2O[C@H](C)[C@H]2CCN2C(=O)O)[nH]c2c1C(=O)NCC2. The van der Waals surface area contributed by atoms with Crippen LogP contribution in [0.1, 0.15) is 29.4 Å². The average molecular weight is 496 g/mol. The quantitative estimate of drug-likeness (QED) is 0.393. The van der Waals surface area contributed by atoms with E-state index in [1.807, 2.05) is 6.92 Å². The fourth-order valence-corrected chi connectivity index (χ4v) is 4.75. The Morgan fingerprint density at radius 3 is 2.92 bits per heavy atom. The summed E-state index contributed by atoms with van der Waals surface area (Å²) >= 11 is 0. The summed E-state index contributed by atoms with van der Waals surface area (Å²) in [7, 11) is 1.38. The highest BCUT2D eigenvalue weighted by Crippen LogP contribution is 2.42. The number of carboxylic acid groups (broad SMARTS) is 1. The van der Waals surface area contributed by atoms with Gasteiger partial charge >= 0.3 is 6.09 Å². The first kappa shape index (κ1) is 23.5. The summed E-state index contributed by atoms with van der Waals surface area (Å²) in [6.45, 7) is 2.77. The molecule has 36 heavy (non-hydrogen) atoms. The highest BCUT2D eigenvalue weighted by molar-refractivity contribution is 6.06. The van der Waals surface area contributed by atoms with Crippen LogP contribution in [-0.4, -0.2) is 64.3 Å². The molecule has 0 saturated carbocycles. The van der Waals surface area contributed by atoms with E-state index in [1.54, 1.807) is 30.6 Å². The Balaban J connectivity index is 1.57. The molecular weight excluding hydrogens is 469 g/mol. The van der Waals surface area contributed by atoms with Crippen molar-refractivity contribution in [1.29, 1.82) is 0 Å². The molecule has 1 saturated heterocycles. The molecule has 5 rings (SSSR count). The number of halogens is 1. The zero-order chi connectivity index (χ0) is 25.4. The first-order valence-electron chi connectivity index (χ1n) is 11.6. The molecule has 11 heteroatoms. The van der Waals surface area contributed by atoms with Gasteiger partial charge < -0.3 is 35.1 Å². The third-order valence-electron chi connectivity index (χ3n) is 6.62. The number of carbonyl (C=O) groups excluding carboxylic acids is 1. The third kappa shape index (κ3) is 4.06. The molecule has 1 aromatic carbocycles. The lowest BCUT2D eigenvalue weighted by Crippen LogP contribution is -2.56. The Morgan fingerprint density at radius 1 is 1.36 bits per heavy atom. The Hall–Kier alpha value is -4.28. The maximum Gasteiger partial charge on any atom is 0.407 e. The lowest BCUT2D eigenvalue weighted by Gasteiger charge is -2.42. The van der Waals surface area contributed by atoms with Gasteiger partial charge in [0.2, 0.25) is 0 Å². The number of fused-ring (bicyclic) bond motifs is 1. The zero-order valence-corrected chi connectivity index (χ0v) is 19.8. The van der Waals surface area contributed by atoms with Gasteiger partial charge in [-0.3, -0.25) is 9.78 Å². The molecule has 2 atom stereocenters. The number of aromatic amines is 1.